The number of halogens is 1. The van der Waals surface area contributed by atoms with Gasteiger partial charge < -0.3 is 15.0 Å². The Balaban J connectivity index is 1.97. The molecule has 0 fully saturated rings. The van der Waals surface area contributed by atoms with E-state index in [0.29, 0.717) is 18.0 Å². The number of hydrogen-bond acceptors (Lipinski definition) is 2. The smallest absolute Gasteiger partial charge is 0.141 e. The number of nitrogens with zero attached hydrogens (tertiary/aromatic N) is 1. The maximum absolute atomic E-state index is 13.3. The summed E-state index contributed by atoms with van der Waals surface area (Å²) >= 11 is 0. The predicted octanol–water partition coefficient (Wildman–Crippen LogP) is 3.42. The van der Waals surface area contributed by atoms with E-state index < -0.39 is 0 Å². The zero-order chi connectivity index (χ0) is 14.1. The summed E-state index contributed by atoms with van der Waals surface area (Å²) in [5.74, 6) is 0.434. The first-order valence-corrected chi connectivity index (χ1v) is 6.34. The van der Waals surface area contributed by atoms with Crippen molar-refractivity contribution in [3.63, 3.8) is 0 Å². The van der Waals surface area contributed by atoms with Crippen LogP contribution in [-0.4, -0.2) is 11.7 Å². The van der Waals surface area contributed by atoms with Crippen LogP contribution in [0.3, 0.4) is 0 Å². The van der Waals surface area contributed by atoms with E-state index in [9.17, 15) is 4.39 Å². The van der Waals surface area contributed by atoms with Crippen LogP contribution in [0.15, 0.2) is 48.7 Å². The number of anilines is 1. The minimum atomic E-state index is -0.230. The van der Waals surface area contributed by atoms with Crippen LogP contribution < -0.4 is 10.5 Å². The zero-order valence-electron chi connectivity index (χ0n) is 11.1. The number of benzene rings is 2. The molecule has 0 atom stereocenters. The minimum Gasteiger partial charge on any atom is -0.495 e. The molecular weight excluding hydrogens is 255 g/mol. The molecule has 4 heteroatoms. The monoisotopic (exact) mass is 270 g/mol. The molecule has 0 saturated heterocycles. The van der Waals surface area contributed by atoms with Gasteiger partial charge in [-0.2, -0.15) is 0 Å². The van der Waals surface area contributed by atoms with Gasteiger partial charge in [0, 0.05) is 12.7 Å². The van der Waals surface area contributed by atoms with Crippen molar-refractivity contribution in [1.29, 1.82) is 0 Å². The number of nitrogens with two attached hydrogens (primary N) is 1. The van der Waals surface area contributed by atoms with Crippen LogP contribution in [0.5, 0.6) is 5.75 Å². The van der Waals surface area contributed by atoms with Gasteiger partial charge in [-0.3, -0.25) is 0 Å². The van der Waals surface area contributed by atoms with Crippen molar-refractivity contribution in [2.75, 3.05) is 12.8 Å². The van der Waals surface area contributed by atoms with E-state index in [4.69, 9.17) is 10.5 Å². The number of ether oxygens (including phenoxy) is 1. The molecule has 3 rings (SSSR count). The van der Waals surface area contributed by atoms with Crippen molar-refractivity contribution in [2.24, 2.45) is 0 Å². The fourth-order valence-corrected chi connectivity index (χ4v) is 2.37. The second kappa shape index (κ2) is 4.89. The van der Waals surface area contributed by atoms with Crippen molar-refractivity contribution in [1.82, 2.24) is 4.57 Å². The second-order valence-electron chi connectivity index (χ2n) is 4.72. The lowest BCUT2D eigenvalue weighted by Gasteiger charge is -2.09. The third-order valence-electron chi connectivity index (χ3n) is 3.38. The Morgan fingerprint density at radius 2 is 2.00 bits per heavy atom. The predicted molar refractivity (Wildman–Crippen MR) is 78.4 cm³/mol. The number of hydrogen-bond donors (Lipinski definition) is 1. The van der Waals surface area contributed by atoms with E-state index in [1.807, 2.05) is 35.0 Å². The average Bonchev–Trinajstić information content (AvgIpc) is 2.82. The van der Waals surface area contributed by atoms with Crippen molar-refractivity contribution in [2.45, 2.75) is 6.54 Å². The van der Waals surface area contributed by atoms with E-state index in [2.05, 4.69) is 0 Å². The number of aromatic nitrogens is 1. The topological polar surface area (TPSA) is 40.2 Å². The summed E-state index contributed by atoms with van der Waals surface area (Å²) in [6.07, 6.45) is 1.95. The highest BCUT2D eigenvalue weighted by Gasteiger charge is 2.05. The molecule has 3 aromatic rings. The highest BCUT2D eigenvalue weighted by molar-refractivity contribution is 5.80. The Kier molecular flexibility index (Phi) is 3.06. The Morgan fingerprint density at radius 3 is 2.75 bits per heavy atom. The van der Waals surface area contributed by atoms with E-state index in [0.717, 1.165) is 16.5 Å². The van der Waals surface area contributed by atoms with Crippen LogP contribution in [0.25, 0.3) is 10.9 Å². The summed E-state index contributed by atoms with van der Waals surface area (Å²) in [4.78, 5) is 0. The summed E-state index contributed by atoms with van der Waals surface area (Å²) in [5, 5.41) is 1.02. The Bertz CT molecular complexity index is 764. The highest BCUT2D eigenvalue weighted by atomic mass is 19.1. The molecule has 2 aromatic carbocycles. The van der Waals surface area contributed by atoms with Crippen molar-refractivity contribution < 1.29 is 9.13 Å². The van der Waals surface area contributed by atoms with Gasteiger partial charge in [0.15, 0.2) is 0 Å². The first-order valence-electron chi connectivity index (χ1n) is 6.34. The fourth-order valence-electron chi connectivity index (χ4n) is 2.37. The maximum Gasteiger partial charge on any atom is 0.141 e. The molecule has 2 N–H and O–H groups in total. The molecule has 0 aliphatic rings. The summed E-state index contributed by atoms with van der Waals surface area (Å²) in [6, 6.07) is 12.5. The van der Waals surface area contributed by atoms with E-state index in [1.54, 1.807) is 19.2 Å². The number of rotatable bonds is 3. The molecule has 0 radical (unpaired) electrons. The molecule has 1 aromatic heterocycles. The van der Waals surface area contributed by atoms with Gasteiger partial charge in [0.25, 0.3) is 0 Å². The molecule has 20 heavy (non-hydrogen) atoms. The minimum absolute atomic E-state index is 0.230. The van der Waals surface area contributed by atoms with Crippen LogP contribution in [0, 0.1) is 5.82 Å². The summed E-state index contributed by atoms with van der Waals surface area (Å²) in [7, 11) is 1.59. The molecule has 0 aliphatic heterocycles. The van der Waals surface area contributed by atoms with Crippen LogP contribution in [0.2, 0.25) is 0 Å². The van der Waals surface area contributed by atoms with Gasteiger partial charge in [-0.15, -0.1) is 0 Å². The maximum atomic E-state index is 13.3. The lowest BCUT2D eigenvalue weighted by atomic mass is 10.2. The normalized spacial score (nSPS) is 10.9. The molecule has 0 unspecified atom stereocenters. The summed E-state index contributed by atoms with van der Waals surface area (Å²) < 4.78 is 20.5. The molecular formula is C16H15FN2O. The summed E-state index contributed by atoms with van der Waals surface area (Å²) in [5.41, 5.74) is 8.43. The third kappa shape index (κ3) is 2.20. The molecule has 1 heterocycles. The number of nitrogen functional groups attached to an aromatic ring is 1. The molecule has 0 amide bonds. The Labute approximate surface area is 116 Å². The number of methoxy groups -OCH3 is 1. The highest BCUT2D eigenvalue weighted by Crippen LogP contribution is 2.24. The van der Waals surface area contributed by atoms with Gasteiger partial charge in [0.1, 0.15) is 11.6 Å². The lowest BCUT2D eigenvalue weighted by molar-refractivity contribution is 0.417. The number of fused-ring (bicyclic) bond motifs is 1. The van der Waals surface area contributed by atoms with Crippen LogP contribution in [-0.2, 0) is 6.54 Å². The van der Waals surface area contributed by atoms with Crippen LogP contribution >= 0.6 is 0 Å². The Hall–Kier alpha value is -2.49. The second-order valence-corrected chi connectivity index (χ2v) is 4.72. The van der Waals surface area contributed by atoms with Crippen LogP contribution in [0.4, 0.5) is 10.1 Å². The molecule has 0 bridgehead atoms. The average molecular weight is 270 g/mol. The van der Waals surface area contributed by atoms with Crippen molar-refractivity contribution >= 4 is 16.6 Å². The third-order valence-corrected chi connectivity index (χ3v) is 3.38. The Morgan fingerprint density at radius 1 is 1.15 bits per heavy atom. The SMILES string of the molecule is COc1ccc(Cn2ccc3ccc(F)cc32)cc1N. The quantitative estimate of drug-likeness (QED) is 0.741. The van der Waals surface area contributed by atoms with E-state index in [-0.39, 0.29) is 5.82 Å². The fraction of sp³-hybridized carbons (Fsp3) is 0.125. The summed E-state index contributed by atoms with van der Waals surface area (Å²) in [6.45, 7) is 0.640. The van der Waals surface area contributed by atoms with Gasteiger partial charge in [-0.05, 0) is 47.3 Å². The zero-order valence-corrected chi connectivity index (χ0v) is 11.1. The largest absolute Gasteiger partial charge is 0.495 e. The van der Waals surface area contributed by atoms with Gasteiger partial charge in [-0.1, -0.05) is 6.07 Å². The lowest BCUT2D eigenvalue weighted by Crippen LogP contribution is -2.00. The molecule has 0 spiro atoms. The van der Waals surface area contributed by atoms with Gasteiger partial charge >= 0.3 is 0 Å². The van der Waals surface area contributed by atoms with Gasteiger partial charge in [0.05, 0.1) is 18.3 Å². The van der Waals surface area contributed by atoms with E-state index >= 15 is 0 Å². The van der Waals surface area contributed by atoms with E-state index in [1.165, 1.54) is 6.07 Å². The van der Waals surface area contributed by atoms with Gasteiger partial charge in [-0.25, -0.2) is 4.39 Å². The molecule has 3 nitrogen and oxygen atoms in total. The first kappa shape index (κ1) is 12.5. The first-order chi connectivity index (χ1) is 9.67. The molecule has 102 valence electrons. The van der Waals surface area contributed by atoms with Crippen molar-refractivity contribution in [3.8, 4) is 5.75 Å². The van der Waals surface area contributed by atoms with Gasteiger partial charge in [0.2, 0.25) is 0 Å². The molecule has 0 aliphatic carbocycles. The molecule has 0 saturated carbocycles. The van der Waals surface area contributed by atoms with Crippen LogP contribution in [0.1, 0.15) is 5.56 Å². The standard InChI is InChI=1S/C16H15FN2O/c1-20-16-5-2-11(8-14(16)18)10-19-7-6-12-3-4-13(17)9-15(12)19/h2-9H,10,18H2,1H3. The van der Waals surface area contributed by atoms with Crippen molar-refractivity contribution in [3.05, 3.63) is 60.0 Å².